The number of hydrogen-bond acceptors (Lipinski definition) is 8. The number of sulfonamides is 1. The van der Waals surface area contributed by atoms with Crippen molar-refractivity contribution in [2.24, 2.45) is 0 Å². The zero-order chi connectivity index (χ0) is 22.6. The highest BCUT2D eigenvalue weighted by Crippen LogP contribution is 2.24. The van der Waals surface area contributed by atoms with Gasteiger partial charge in [0.2, 0.25) is 15.9 Å². The second-order valence-electron chi connectivity index (χ2n) is 6.59. The van der Waals surface area contributed by atoms with Crippen molar-refractivity contribution in [2.45, 2.75) is 4.90 Å². The van der Waals surface area contributed by atoms with E-state index in [0.29, 0.717) is 23.1 Å². The van der Waals surface area contributed by atoms with E-state index in [1.54, 1.807) is 42.0 Å². The van der Waals surface area contributed by atoms with E-state index in [1.165, 1.54) is 13.2 Å². The van der Waals surface area contributed by atoms with Crippen LogP contribution in [0.2, 0.25) is 0 Å². The minimum atomic E-state index is -3.75. The molecule has 0 fully saturated rings. The Morgan fingerprint density at radius 1 is 0.969 bits per heavy atom. The molecule has 1 N–H and O–H groups in total. The Hall–Kier alpha value is -3.70. The topological polar surface area (TPSA) is 117 Å². The highest BCUT2D eigenvalue weighted by Gasteiger charge is 2.18. The Bertz CT molecular complexity index is 1340. The molecule has 0 bridgehead atoms. The van der Waals surface area contributed by atoms with E-state index >= 15 is 0 Å². The molecule has 11 heteroatoms. The van der Waals surface area contributed by atoms with E-state index in [4.69, 9.17) is 14.2 Å². The van der Waals surface area contributed by atoms with Gasteiger partial charge in [0.15, 0.2) is 11.5 Å². The molecule has 0 saturated heterocycles. The van der Waals surface area contributed by atoms with Crippen LogP contribution in [0.5, 0.6) is 17.4 Å². The summed E-state index contributed by atoms with van der Waals surface area (Å²) < 4.78 is 45.1. The number of benzene rings is 2. The number of hydrogen-bond donors (Lipinski definition) is 1. The maximum Gasteiger partial charge on any atom is 0.244 e. The number of fused-ring (bicyclic) bond motifs is 1. The quantitative estimate of drug-likeness (QED) is 0.382. The van der Waals surface area contributed by atoms with Crippen LogP contribution in [0, 0.1) is 0 Å². The zero-order valence-corrected chi connectivity index (χ0v) is 18.2. The van der Waals surface area contributed by atoms with Crippen molar-refractivity contribution in [3.8, 4) is 28.8 Å². The molecule has 0 aliphatic carbocycles. The third-order valence-corrected chi connectivity index (χ3v) is 6.07. The van der Waals surface area contributed by atoms with E-state index in [1.807, 2.05) is 24.3 Å². The van der Waals surface area contributed by atoms with Gasteiger partial charge < -0.3 is 14.2 Å². The number of rotatable bonds is 9. The Morgan fingerprint density at radius 3 is 2.62 bits per heavy atom. The fourth-order valence-electron chi connectivity index (χ4n) is 3.04. The first-order chi connectivity index (χ1) is 15.5. The first-order valence-electron chi connectivity index (χ1n) is 9.64. The van der Waals surface area contributed by atoms with Crippen LogP contribution >= 0.6 is 0 Å². The molecule has 32 heavy (non-hydrogen) atoms. The highest BCUT2D eigenvalue weighted by atomic mass is 32.2. The van der Waals surface area contributed by atoms with Gasteiger partial charge in [0, 0.05) is 18.2 Å². The minimum absolute atomic E-state index is 0.0466. The maximum absolute atomic E-state index is 12.5. The van der Waals surface area contributed by atoms with Crippen LogP contribution in [0.4, 0.5) is 0 Å². The average Bonchev–Trinajstić information content (AvgIpc) is 3.25. The predicted octanol–water partition coefficient (Wildman–Crippen LogP) is 2.17. The van der Waals surface area contributed by atoms with Gasteiger partial charge in [-0.15, -0.1) is 15.3 Å². The fourth-order valence-corrected chi connectivity index (χ4v) is 4.22. The van der Waals surface area contributed by atoms with Crippen LogP contribution in [-0.4, -0.2) is 55.6 Å². The van der Waals surface area contributed by atoms with Gasteiger partial charge in [-0.3, -0.25) is 0 Å². The molecule has 0 amide bonds. The van der Waals surface area contributed by atoms with E-state index in [2.05, 4.69) is 20.0 Å². The van der Waals surface area contributed by atoms with Crippen LogP contribution in [0.1, 0.15) is 0 Å². The van der Waals surface area contributed by atoms with Crippen LogP contribution in [0.15, 0.2) is 65.6 Å². The smallest absolute Gasteiger partial charge is 0.244 e. The lowest BCUT2D eigenvalue weighted by Crippen LogP contribution is -2.28. The number of nitrogens with zero attached hydrogens (tertiary/aromatic N) is 4. The lowest BCUT2D eigenvalue weighted by atomic mass is 10.2. The molecule has 4 aromatic rings. The van der Waals surface area contributed by atoms with Gasteiger partial charge in [0.1, 0.15) is 23.0 Å². The Morgan fingerprint density at radius 2 is 1.81 bits per heavy atom. The maximum atomic E-state index is 12.5. The molecule has 4 rings (SSSR count). The molecule has 0 saturated carbocycles. The van der Waals surface area contributed by atoms with Crippen LogP contribution in [-0.2, 0) is 10.0 Å². The van der Waals surface area contributed by atoms with Gasteiger partial charge in [-0.05, 0) is 30.3 Å². The number of nitrogens with one attached hydrogen (secondary N) is 1. The monoisotopic (exact) mass is 455 g/mol. The molecule has 0 aliphatic rings. The summed E-state index contributed by atoms with van der Waals surface area (Å²) in [7, 11) is -0.734. The summed E-state index contributed by atoms with van der Waals surface area (Å²) >= 11 is 0. The van der Waals surface area contributed by atoms with Gasteiger partial charge in [-0.25, -0.2) is 13.1 Å². The molecule has 0 radical (unpaired) electrons. The first-order valence-corrected chi connectivity index (χ1v) is 11.1. The van der Waals surface area contributed by atoms with E-state index < -0.39 is 10.0 Å². The average molecular weight is 455 g/mol. The standard InChI is InChI=1S/C21H21N5O5S/c1-29-16-7-5-6-15(14-16)21-24-23-19-10-11-20(25-26(19)21)31-13-12-22-32(27,28)18-9-4-3-8-17(18)30-2/h3-11,14,22H,12-13H2,1-2H3. The fraction of sp³-hybridized carbons (Fsp3) is 0.190. The van der Waals surface area contributed by atoms with E-state index in [9.17, 15) is 8.42 Å². The van der Waals surface area contributed by atoms with Crippen molar-refractivity contribution in [1.82, 2.24) is 24.5 Å². The summed E-state index contributed by atoms with van der Waals surface area (Å²) in [6.07, 6.45) is 0. The van der Waals surface area contributed by atoms with Gasteiger partial charge >= 0.3 is 0 Å². The van der Waals surface area contributed by atoms with Crippen molar-refractivity contribution in [3.05, 3.63) is 60.7 Å². The van der Waals surface area contributed by atoms with Gasteiger partial charge in [0.05, 0.1) is 14.2 Å². The van der Waals surface area contributed by atoms with E-state index in [0.717, 1.165) is 5.56 Å². The first kappa shape index (κ1) is 21.5. The Balaban J connectivity index is 1.45. The number of methoxy groups -OCH3 is 2. The zero-order valence-electron chi connectivity index (χ0n) is 17.4. The molecule has 0 aliphatic heterocycles. The summed E-state index contributed by atoms with van der Waals surface area (Å²) in [5.41, 5.74) is 1.33. The van der Waals surface area contributed by atoms with Crippen molar-refractivity contribution >= 4 is 15.7 Å². The lowest BCUT2D eigenvalue weighted by molar-refractivity contribution is 0.305. The predicted molar refractivity (Wildman–Crippen MR) is 116 cm³/mol. The molecule has 0 spiro atoms. The molecule has 0 unspecified atom stereocenters. The molecular weight excluding hydrogens is 434 g/mol. The molecule has 2 heterocycles. The van der Waals surface area contributed by atoms with Gasteiger partial charge in [-0.2, -0.15) is 4.52 Å². The summed E-state index contributed by atoms with van der Waals surface area (Å²) in [4.78, 5) is 0.0643. The van der Waals surface area contributed by atoms with Gasteiger partial charge in [-0.1, -0.05) is 24.3 Å². The minimum Gasteiger partial charge on any atom is -0.497 e. The van der Waals surface area contributed by atoms with Crippen LogP contribution in [0.25, 0.3) is 17.0 Å². The van der Waals surface area contributed by atoms with Crippen molar-refractivity contribution in [3.63, 3.8) is 0 Å². The number of para-hydroxylation sites is 1. The summed E-state index contributed by atoms with van der Waals surface area (Å²) in [6.45, 7) is 0.120. The van der Waals surface area contributed by atoms with Crippen molar-refractivity contribution in [1.29, 1.82) is 0 Å². The molecular formula is C21H21N5O5S. The third-order valence-electron chi connectivity index (χ3n) is 4.57. The second kappa shape index (κ2) is 9.20. The van der Waals surface area contributed by atoms with Crippen LogP contribution in [0.3, 0.4) is 0 Å². The SMILES string of the molecule is COc1cccc(-c2nnc3ccc(OCCNS(=O)(=O)c4ccccc4OC)nn23)c1. The number of ether oxygens (including phenoxy) is 3. The summed E-state index contributed by atoms with van der Waals surface area (Å²) in [5, 5.41) is 12.7. The molecule has 2 aromatic carbocycles. The Labute approximate surface area is 184 Å². The van der Waals surface area contributed by atoms with Crippen LogP contribution < -0.4 is 18.9 Å². The summed E-state index contributed by atoms with van der Waals surface area (Å²) in [6, 6.07) is 17.2. The van der Waals surface area contributed by atoms with E-state index in [-0.39, 0.29) is 23.8 Å². The summed E-state index contributed by atoms with van der Waals surface area (Å²) in [5.74, 6) is 1.79. The highest BCUT2D eigenvalue weighted by molar-refractivity contribution is 7.89. The lowest BCUT2D eigenvalue weighted by Gasteiger charge is -2.11. The largest absolute Gasteiger partial charge is 0.497 e. The molecule has 0 atom stereocenters. The molecule has 10 nitrogen and oxygen atoms in total. The third kappa shape index (κ3) is 4.48. The second-order valence-corrected chi connectivity index (χ2v) is 8.33. The van der Waals surface area contributed by atoms with Gasteiger partial charge in [0.25, 0.3) is 0 Å². The van der Waals surface area contributed by atoms with Crippen molar-refractivity contribution in [2.75, 3.05) is 27.4 Å². The molecule has 2 aromatic heterocycles. The number of aromatic nitrogens is 4. The molecule has 166 valence electrons. The van der Waals surface area contributed by atoms with Crippen molar-refractivity contribution < 1.29 is 22.6 Å². The normalized spacial score (nSPS) is 11.4. The Kier molecular flexibility index (Phi) is 6.19.